The van der Waals surface area contributed by atoms with Gasteiger partial charge in [0.05, 0.1) is 0 Å². The number of hydrogen-bond acceptors (Lipinski definition) is 4. The van der Waals surface area contributed by atoms with Gasteiger partial charge >= 0.3 is 10.4 Å². The minimum atomic E-state index is -4.67. The SMILES string of the molecule is CCC(CNCCS)CC1CCCCC1.O=S(=O)(O)O. The Balaban J connectivity index is 0.000000621. The minimum absolute atomic E-state index is 0.896. The fourth-order valence-corrected chi connectivity index (χ4v) is 2.83. The van der Waals surface area contributed by atoms with Crippen molar-refractivity contribution >= 4 is 23.0 Å². The van der Waals surface area contributed by atoms with E-state index < -0.39 is 10.4 Å². The molecule has 1 atom stereocenters. The monoisotopic (exact) mass is 327 g/mol. The van der Waals surface area contributed by atoms with E-state index in [0.29, 0.717) is 0 Å². The summed E-state index contributed by atoms with van der Waals surface area (Å²) in [4.78, 5) is 0. The molecule has 3 N–H and O–H groups in total. The molecule has 0 aromatic carbocycles. The lowest BCUT2D eigenvalue weighted by Crippen LogP contribution is -2.26. The molecule has 5 nitrogen and oxygen atoms in total. The minimum Gasteiger partial charge on any atom is -0.316 e. The molecule has 1 saturated carbocycles. The predicted molar refractivity (Wildman–Crippen MR) is 85.9 cm³/mol. The molecule has 0 bridgehead atoms. The molecule has 1 aliphatic rings. The second-order valence-corrected chi connectivity index (χ2v) is 6.73. The smallest absolute Gasteiger partial charge is 0.316 e. The zero-order chi connectivity index (χ0) is 15.4. The normalized spacial score (nSPS) is 18.2. The summed E-state index contributed by atoms with van der Waals surface area (Å²) >= 11 is 4.22. The Morgan fingerprint density at radius 1 is 1.25 bits per heavy atom. The van der Waals surface area contributed by atoms with Crippen LogP contribution in [0.1, 0.15) is 51.9 Å². The van der Waals surface area contributed by atoms with Crippen LogP contribution in [0.15, 0.2) is 0 Å². The van der Waals surface area contributed by atoms with Crippen molar-refractivity contribution in [2.45, 2.75) is 51.9 Å². The highest BCUT2D eigenvalue weighted by atomic mass is 32.3. The van der Waals surface area contributed by atoms with E-state index in [0.717, 1.165) is 24.1 Å². The maximum Gasteiger partial charge on any atom is 0.394 e. The van der Waals surface area contributed by atoms with E-state index in [-0.39, 0.29) is 0 Å². The lowest BCUT2D eigenvalue weighted by molar-refractivity contribution is 0.278. The van der Waals surface area contributed by atoms with Crippen LogP contribution in [-0.2, 0) is 10.4 Å². The molecule has 7 heteroatoms. The summed E-state index contributed by atoms with van der Waals surface area (Å²) in [6, 6.07) is 0. The Kier molecular flexibility index (Phi) is 11.9. The van der Waals surface area contributed by atoms with Crippen molar-refractivity contribution in [2.75, 3.05) is 18.8 Å². The zero-order valence-corrected chi connectivity index (χ0v) is 14.0. The Morgan fingerprint density at radius 3 is 2.25 bits per heavy atom. The molecule has 20 heavy (non-hydrogen) atoms. The zero-order valence-electron chi connectivity index (χ0n) is 12.3. The number of rotatable bonds is 7. The molecule has 1 aliphatic carbocycles. The molecular formula is C13H29NO4S2. The highest BCUT2D eigenvalue weighted by molar-refractivity contribution is 7.80. The van der Waals surface area contributed by atoms with E-state index >= 15 is 0 Å². The van der Waals surface area contributed by atoms with Crippen molar-refractivity contribution in [1.29, 1.82) is 0 Å². The summed E-state index contributed by atoms with van der Waals surface area (Å²) in [5, 5.41) is 3.50. The van der Waals surface area contributed by atoms with Crippen LogP contribution in [0.3, 0.4) is 0 Å². The topological polar surface area (TPSA) is 86.6 Å². The van der Waals surface area contributed by atoms with Gasteiger partial charge in [0.15, 0.2) is 0 Å². The largest absolute Gasteiger partial charge is 0.394 e. The van der Waals surface area contributed by atoms with Crippen molar-refractivity contribution in [3.05, 3.63) is 0 Å². The predicted octanol–water partition coefficient (Wildman–Crippen LogP) is 2.85. The average Bonchev–Trinajstić information content (AvgIpc) is 2.37. The molecule has 0 saturated heterocycles. The van der Waals surface area contributed by atoms with Crippen LogP contribution in [-0.4, -0.2) is 36.4 Å². The first kappa shape index (κ1) is 20.2. The number of thiol groups is 1. The van der Waals surface area contributed by atoms with Gasteiger partial charge in [-0.3, -0.25) is 9.11 Å². The first-order chi connectivity index (χ1) is 9.36. The van der Waals surface area contributed by atoms with Crippen LogP contribution in [0.4, 0.5) is 0 Å². The van der Waals surface area contributed by atoms with E-state index in [1.165, 1.54) is 51.5 Å². The standard InChI is InChI=1S/C13H27NS.H2O4S/c1-2-12(11-14-8-9-15)10-13-6-4-3-5-7-13;1-5(2,3)4/h12-15H,2-11H2,1H3;(H2,1,2,3,4). The summed E-state index contributed by atoms with van der Waals surface area (Å²) in [6.07, 6.45) is 10.2. The van der Waals surface area contributed by atoms with Gasteiger partial charge in [-0.25, -0.2) is 0 Å². The van der Waals surface area contributed by atoms with Gasteiger partial charge in [0, 0.05) is 12.3 Å². The highest BCUT2D eigenvalue weighted by Crippen LogP contribution is 2.29. The van der Waals surface area contributed by atoms with Gasteiger partial charge in [-0.05, 0) is 24.8 Å². The van der Waals surface area contributed by atoms with Crippen LogP contribution in [0, 0.1) is 11.8 Å². The molecular weight excluding hydrogens is 298 g/mol. The molecule has 0 radical (unpaired) electrons. The van der Waals surface area contributed by atoms with E-state index in [1.54, 1.807) is 0 Å². The average molecular weight is 328 g/mol. The summed E-state index contributed by atoms with van der Waals surface area (Å²) in [6.45, 7) is 4.59. The lowest BCUT2D eigenvalue weighted by Gasteiger charge is -2.26. The third kappa shape index (κ3) is 14.6. The van der Waals surface area contributed by atoms with Gasteiger partial charge in [-0.15, -0.1) is 0 Å². The van der Waals surface area contributed by atoms with Gasteiger partial charge in [-0.1, -0.05) is 45.4 Å². The Bertz CT molecular complexity index is 308. The quantitative estimate of drug-likeness (QED) is 0.328. The van der Waals surface area contributed by atoms with Crippen molar-refractivity contribution in [1.82, 2.24) is 5.32 Å². The van der Waals surface area contributed by atoms with Gasteiger partial charge in [0.2, 0.25) is 0 Å². The first-order valence-electron chi connectivity index (χ1n) is 7.38. The van der Waals surface area contributed by atoms with Crippen LogP contribution < -0.4 is 5.32 Å². The summed E-state index contributed by atoms with van der Waals surface area (Å²) in [5.41, 5.74) is 0. The summed E-state index contributed by atoms with van der Waals surface area (Å²) in [7, 11) is -4.67. The van der Waals surface area contributed by atoms with Gasteiger partial charge in [0.25, 0.3) is 0 Å². The molecule has 0 amide bonds. The van der Waals surface area contributed by atoms with E-state index in [9.17, 15) is 0 Å². The molecule has 0 heterocycles. The molecule has 0 aliphatic heterocycles. The molecule has 0 aromatic rings. The van der Waals surface area contributed by atoms with Crippen LogP contribution in [0.5, 0.6) is 0 Å². The summed E-state index contributed by atoms with van der Waals surface area (Å²) in [5.74, 6) is 2.88. The van der Waals surface area contributed by atoms with Crippen molar-refractivity contribution < 1.29 is 17.5 Å². The van der Waals surface area contributed by atoms with Crippen LogP contribution in [0.2, 0.25) is 0 Å². The van der Waals surface area contributed by atoms with E-state index in [4.69, 9.17) is 17.5 Å². The van der Waals surface area contributed by atoms with E-state index in [2.05, 4.69) is 24.9 Å². The molecule has 1 rings (SSSR count). The Labute approximate surface area is 128 Å². The third-order valence-corrected chi connectivity index (χ3v) is 3.91. The van der Waals surface area contributed by atoms with Gasteiger partial charge < -0.3 is 5.32 Å². The second kappa shape index (κ2) is 11.8. The highest BCUT2D eigenvalue weighted by Gasteiger charge is 2.17. The van der Waals surface area contributed by atoms with E-state index in [1.807, 2.05) is 0 Å². The molecule has 1 fully saturated rings. The van der Waals surface area contributed by atoms with Crippen molar-refractivity contribution in [2.24, 2.45) is 11.8 Å². The van der Waals surface area contributed by atoms with Gasteiger partial charge in [0.1, 0.15) is 0 Å². The fraction of sp³-hybridized carbons (Fsp3) is 1.00. The number of hydrogen-bond donors (Lipinski definition) is 4. The molecule has 0 aromatic heterocycles. The third-order valence-electron chi connectivity index (χ3n) is 3.69. The maximum absolute atomic E-state index is 8.74. The maximum atomic E-state index is 8.74. The van der Waals surface area contributed by atoms with Crippen molar-refractivity contribution in [3.63, 3.8) is 0 Å². The number of nitrogens with one attached hydrogen (secondary N) is 1. The fourth-order valence-electron chi connectivity index (χ4n) is 2.67. The van der Waals surface area contributed by atoms with Crippen LogP contribution in [0.25, 0.3) is 0 Å². The Morgan fingerprint density at radius 2 is 1.80 bits per heavy atom. The van der Waals surface area contributed by atoms with Crippen LogP contribution >= 0.6 is 12.6 Å². The van der Waals surface area contributed by atoms with Gasteiger partial charge in [-0.2, -0.15) is 21.0 Å². The molecule has 0 spiro atoms. The summed E-state index contributed by atoms with van der Waals surface area (Å²) < 4.78 is 31.6. The van der Waals surface area contributed by atoms with Crippen molar-refractivity contribution in [3.8, 4) is 0 Å². The molecule has 1 unspecified atom stereocenters. The second-order valence-electron chi connectivity index (χ2n) is 5.39. The molecule has 122 valence electrons. The first-order valence-corrected chi connectivity index (χ1v) is 9.41. The lowest BCUT2D eigenvalue weighted by atomic mass is 9.82. The Hall–Kier alpha value is 0.180.